The number of halogens is 1. The quantitative estimate of drug-likeness (QED) is 0.663. The largest absolute Gasteiger partial charge is 0.465 e. The Labute approximate surface area is 133 Å². The minimum atomic E-state index is -0.424. The Morgan fingerprint density at radius 3 is 2.43 bits per heavy atom. The van der Waals surface area contributed by atoms with Gasteiger partial charge < -0.3 is 15.4 Å². The van der Waals surface area contributed by atoms with E-state index in [1.54, 1.807) is 36.4 Å². The third-order valence-electron chi connectivity index (χ3n) is 2.68. The fourth-order valence-electron chi connectivity index (χ4n) is 1.70. The van der Waals surface area contributed by atoms with Crippen LogP contribution >= 0.6 is 23.8 Å². The van der Waals surface area contributed by atoms with Gasteiger partial charge in [-0.1, -0.05) is 23.7 Å². The van der Waals surface area contributed by atoms with Gasteiger partial charge in [-0.25, -0.2) is 4.79 Å². The highest BCUT2D eigenvalue weighted by molar-refractivity contribution is 7.80. The van der Waals surface area contributed by atoms with Gasteiger partial charge in [-0.05, 0) is 48.6 Å². The summed E-state index contributed by atoms with van der Waals surface area (Å²) in [6.07, 6.45) is 0. The molecule has 0 amide bonds. The molecule has 0 fully saturated rings. The maximum atomic E-state index is 11.7. The molecule has 6 heteroatoms. The number of para-hydroxylation sites is 1. The van der Waals surface area contributed by atoms with Gasteiger partial charge in [-0.3, -0.25) is 0 Å². The summed E-state index contributed by atoms with van der Waals surface area (Å²) in [5.41, 5.74) is 1.79. The number of carbonyl (C=O) groups excluding carboxylic acids is 1. The van der Waals surface area contributed by atoms with Gasteiger partial charge in [0, 0.05) is 10.7 Å². The molecular weight excluding hydrogens is 308 g/mol. The van der Waals surface area contributed by atoms with Crippen molar-refractivity contribution in [3.05, 3.63) is 59.1 Å². The van der Waals surface area contributed by atoms with Crippen LogP contribution in [0.4, 0.5) is 11.4 Å². The molecule has 0 aliphatic carbocycles. The molecule has 2 rings (SSSR count). The molecule has 2 aromatic carbocycles. The van der Waals surface area contributed by atoms with E-state index in [1.807, 2.05) is 12.1 Å². The zero-order valence-corrected chi connectivity index (χ0v) is 12.8. The highest BCUT2D eigenvalue weighted by Gasteiger charge is 2.11. The highest BCUT2D eigenvalue weighted by atomic mass is 35.5. The summed E-state index contributed by atoms with van der Waals surface area (Å²) in [5, 5.41) is 7.00. The molecular formula is C15H13ClN2O2S. The summed E-state index contributed by atoms with van der Waals surface area (Å²) < 4.78 is 4.73. The predicted molar refractivity (Wildman–Crippen MR) is 89.1 cm³/mol. The molecule has 0 heterocycles. The minimum Gasteiger partial charge on any atom is -0.465 e. The smallest absolute Gasteiger partial charge is 0.339 e. The van der Waals surface area contributed by atoms with Crippen LogP contribution in [-0.2, 0) is 4.74 Å². The summed E-state index contributed by atoms with van der Waals surface area (Å²) in [5.74, 6) is -0.424. The SMILES string of the molecule is COC(=O)c1ccccc1NC(=S)Nc1ccc(Cl)cc1. The Morgan fingerprint density at radius 1 is 1.10 bits per heavy atom. The van der Waals surface area contributed by atoms with Crippen molar-refractivity contribution in [2.75, 3.05) is 17.7 Å². The topological polar surface area (TPSA) is 50.4 Å². The maximum Gasteiger partial charge on any atom is 0.339 e. The zero-order valence-electron chi connectivity index (χ0n) is 11.2. The fourth-order valence-corrected chi connectivity index (χ4v) is 2.05. The summed E-state index contributed by atoms with van der Waals surface area (Å²) >= 11 is 11.0. The Morgan fingerprint density at radius 2 is 1.76 bits per heavy atom. The van der Waals surface area contributed by atoms with Gasteiger partial charge in [-0.15, -0.1) is 0 Å². The van der Waals surface area contributed by atoms with Crippen LogP contribution in [0.15, 0.2) is 48.5 Å². The molecule has 2 N–H and O–H groups in total. The Kier molecular flexibility index (Phi) is 5.14. The van der Waals surface area contributed by atoms with Crippen molar-refractivity contribution in [3.63, 3.8) is 0 Å². The summed E-state index contributed by atoms with van der Waals surface area (Å²) in [6.45, 7) is 0. The number of anilines is 2. The lowest BCUT2D eigenvalue weighted by Gasteiger charge is -2.13. The predicted octanol–water partition coefficient (Wildman–Crippen LogP) is 3.94. The molecule has 0 radical (unpaired) electrons. The molecule has 108 valence electrons. The van der Waals surface area contributed by atoms with Crippen LogP contribution in [0.2, 0.25) is 5.02 Å². The standard InChI is InChI=1S/C15H13ClN2O2S/c1-20-14(19)12-4-2-3-5-13(12)18-15(21)17-11-8-6-10(16)7-9-11/h2-9H,1H3,(H2,17,18,21). The van der Waals surface area contributed by atoms with Crippen molar-refractivity contribution >= 4 is 46.3 Å². The lowest BCUT2D eigenvalue weighted by molar-refractivity contribution is 0.0602. The molecule has 0 bridgehead atoms. The maximum absolute atomic E-state index is 11.7. The van der Waals surface area contributed by atoms with Crippen LogP contribution in [0.25, 0.3) is 0 Å². The number of methoxy groups -OCH3 is 1. The minimum absolute atomic E-state index is 0.369. The molecule has 0 aliphatic heterocycles. The molecule has 4 nitrogen and oxygen atoms in total. The van der Waals surface area contributed by atoms with Gasteiger partial charge in [0.2, 0.25) is 0 Å². The van der Waals surface area contributed by atoms with E-state index in [0.29, 0.717) is 21.4 Å². The number of benzene rings is 2. The third kappa shape index (κ3) is 4.18. The van der Waals surface area contributed by atoms with Crippen molar-refractivity contribution in [2.45, 2.75) is 0 Å². The second-order valence-corrected chi connectivity index (χ2v) is 4.97. The molecule has 21 heavy (non-hydrogen) atoms. The molecule has 0 aromatic heterocycles. The van der Waals surface area contributed by atoms with Crippen LogP contribution in [0.1, 0.15) is 10.4 Å². The van der Waals surface area contributed by atoms with Gasteiger partial charge in [0.05, 0.1) is 18.4 Å². The molecule has 0 saturated carbocycles. The van der Waals surface area contributed by atoms with E-state index in [0.717, 1.165) is 5.69 Å². The number of thiocarbonyl (C=S) groups is 1. The Bertz CT molecular complexity index is 659. The molecule has 0 spiro atoms. The monoisotopic (exact) mass is 320 g/mol. The molecule has 2 aromatic rings. The number of hydrogen-bond acceptors (Lipinski definition) is 3. The van der Waals surface area contributed by atoms with Crippen LogP contribution in [0, 0.1) is 0 Å². The lowest BCUT2D eigenvalue weighted by Crippen LogP contribution is -2.20. The molecule has 0 aliphatic rings. The lowest BCUT2D eigenvalue weighted by atomic mass is 10.2. The average Bonchev–Trinajstić information content (AvgIpc) is 2.49. The third-order valence-corrected chi connectivity index (χ3v) is 3.14. The fraction of sp³-hybridized carbons (Fsp3) is 0.0667. The van der Waals surface area contributed by atoms with E-state index in [2.05, 4.69) is 10.6 Å². The van der Waals surface area contributed by atoms with Gasteiger partial charge in [0.1, 0.15) is 0 Å². The van der Waals surface area contributed by atoms with E-state index in [-0.39, 0.29) is 0 Å². The number of ether oxygens (including phenoxy) is 1. The summed E-state index contributed by atoms with van der Waals surface area (Å²) in [6, 6.07) is 14.1. The van der Waals surface area contributed by atoms with Crippen molar-refractivity contribution in [1.82, 2.24) is 0 Å². The second-order valence-electron chi connectivity index (χ2n) is 4.12. The average molecular weight is 321 g/mol. The van der Waals surface area contributed by atoms with E-state index in [9.17, 15) is 4.79 Å². The van der Waals surface area contributed by atoms with Crippen LogP contribution < -0.4 is 10.6 Å². The highest BCUT2D eigenvalue weighted by Crippen LogP contribution is 2.17. The number of nitrogens with one attached hydrogen (secondary N) is 2. The molecule has 0 saturated heterocycles. The molecule has 0 unspecified atom stereocenters. The van der Waals surface area contributed by atoms with E-state index >= 15 is 0 Å². The van der Waals surface area contributed by atoms with Crippen molar-refractivity contribution in [3.8, 4) is 0 Å². The zero-order chi connectivity index (χ0) is 15.2. The van der Waals surface area contributed by atoms with Crippen molar-refractivity contribution in [1.29, 1.82) is 0 Å². The van der Waals surface area contributed by atoms with Crippen LogP contribution in [0.3, 0.4) is 0 Å². The van der Waals surface area contributed by atoms with Gasteiger partial charge in [0.25, 0.3) is 0 Å². The number of esters is 1. The first-order valence-electron chi connectivity index (χ1n) is 6.11. The number of carbonyl (C=O) groups is 1. The van der Waals surface area contributed by atoms with Crippen molar-refractivity contribution < 1.29 is 9.53 Å². The normalized spacial score (nSPS) is 9.81. The number of hydrogen-bond donors (Lipinski definition) is 2. The van der Waals surface area contributed by atoms with Crippen molar-refractivity contribution in [2.24, 2.45) is 0 Å². The first-order chi connectivity index (χ1) is 10.1. The van der Waals surface area contributed by atoms with Gasteiger partial charge in [-0.2, -0.15) is 0 Å². The van der Waals surface area contributed by atoms with Gasteiger partial charge >= 0.3 is 5.97 Å². The first kappa shape index (κ1) is 15.3. The second kappa shape index (κ2) is 7.06. The number of rotatable bonds is 3. The van der Waals surface area contributed by atoms with E-state index in [1.165, 1.54) is 7.11 Å². The van der Waals surface area contributed by atoms with Gasteiger partial charge in [0.15, 0.2) is 5.11 Å². The Hall–Kier alpha value is -2.11. The van der Waals surface area contributed by atoms with Crippen LogP contribution in [-0.4, -0.2) is 18.2 Å². The molecule has 0 atom stereocenters. The summed E-state index contributed by atoms with van der Waals surface area (Å²) in [7, 11) is 1.34. The summed E-state index contributed by atoms with van der Waals surface area (Å²) in [4.78, 5) is 11.7. The Balaban J connectivity index is 2.09. The van der Waals surface area contributed by atoms with E-state index in [4.69, 9.17) is 28.6 Å². The van der Waals surface area contributed by atoms with E-state index < -0.39 is 5.97 Å². The first-order valence-corrected chi connectivity index (χ1v) is 6.89. The van der Waals surface area contributed by atoms with Crippen LogP contribution in [0.5, 0.6) is 0 Å².